The highest BCUT2D eigenvalue weighted by molar-refractivity contribution is 7.99. The van der Waals surface area contributed by atoms with Crippen molar-refractivity contribution in [3.8, 4) is 0 Å². The van der Waals surface area contributed by atoms with Crippen LogP contribution in [0.25, 0.3) is 0 Å². The van der Waals surface area contributed by atoms with Crippen LogP contribution in [-0.4, -0.2) is 38.6 Å². The minimum Gasteiger partial charge on any atom is -0.468 e. The van der Waals surface area contributed by atoms with Gasteiger partial charge in [0.25, 0.3) is 0 Å². The molecule has 96 valence electrons. The van der Waals surface area contributed by atoms with Gasteiger partial charge < -0.3 is 14.8 Å². The van der Waals surface area contributed by atoms with Gasteiger partial charge in [-0.15, -0.1) is 11.8 Å². The Hall–Kier alpha value is -1.20. The van der Waals surface area contributed by atoms with Crippen LogP contribution in [0.2, 0.25) is 0 Å². The summed E-state index contributed by atoms with van der Waals surface area (Å²) in [6.45, 7) is 1.81. The van der Waals surface area contributed by atoms with Crippen molar-refractivity contribution in [2.45, 2.75) is 10.3 Å². The number of esters is 1. The molecule has 0 spiro atoms. The smallest absolute Gasteiger partial charge is 0.321 e. The summed E-state index contributed by atoms with van der Waals surface area (Å²) >= 11 is 1.82. The van der Waals surface area contributed by atoms with E-state index in [9.17, 15) is 4.79 Å². The second-order valence-corrected chi connectivity index (χ2v) is 5.69. The van der Waals surface area contributed by atoms with Gasteiger partial charge in [0.15, 0.2) is 0 Å². The van der Waals surface area contributed by atoms with E-state index in [-0.39, 0.29) is 5.97 Å². The van der Waals surface area contributed by atoms with Crippen LogP contribution in [-0.2, 0) is 19.7 Å². The first-order valence-corrected chi connectivity index (χ1v) is 6.92. The van der Waals surface area contributed by atoms with Crippen LogP contribution in [0.1, 0.15) is 5.56 Å². The van der Waals surface area contributed by atoms with E-state index in [0.717, 1.165) is 23.5 Å². The molecule has 0 amide bonds. The van der Waals surface area contributed by atoms with Crippen molar-refractivity contribution in [2.24, 2.45) is 0 Å². The largest absolute Gasteiger partial charge is 0.468 e. The third-order valence-corrected chi connectivity index (χ3v) is 4.54. The van der Waals surface area contributed by atoms with Gasteiger partial charge in [-0.3, -0.25) is 4.79 Å². The van der Waals surface area contributed by atoms with Gasteiger partial charge in [-0.05, 0) is 17.7 Å². The molecule has 0 saturated carbocycles. The lowest BCUT2D eigenvalue weighted by Crippen LogP contribution is -2.53. The fourth-order valence-electron chi connectivity index (χ4n) is 2.34. The van der Waals surface area contributed by atoms with Gasteiger partial charge in [0.05, 0.1) is 20.3 Å². The normalized spacial score (nSPS) is 20.3. The first-order valence-electron chi connectivity index (χ1n) is 5.94. The number of benzene rings is 1. The molecule has 4 nitrogen and oxygen atoms in total. The molecule has 0 radical (unpaired) electrons. The zero-order valence-corrected chi connectivity index (χ0v) is 11.0. The lowest BCUT2D eigenvalue weighted by molar-refractivity contribution is -0.166. The van der Waals surface area contributed by atoms with Crippen LogP contribution in [0.15, 0.2) is 23.1 Å². The van der Waals surface area contributed by atoms with E-state index in [2.05, 4.69) is 11.4 Å². The number of hydrogen-bond acceptors (Lipinski definition) is 5. The molecule has 18 heavy (non-hydrogen) atoms. The summed E-state index contributed by atoms with van der Waals surface area (Å²) < 4.78 is 10.2. The predicted octanol–water partition coefficient (Wildman–Crippen LogP) is 1.65. The SMILES string of the molecule is COC(=O)C1(c2ccc3c(c2)SCCN3)COC1. The number of anilines is 1. The van der Waals surface area contributed by atoms with Crippen LogP contribution in [0.3, 0.4) is 0 Å². The molecule has 1 saturated heterocycles. The maximum absolute atomic E-state index is 12.0. The zero-order chi connectivity index (χ0) is 12.6. The molecular formula is C13H15NO3S. The Kier molecular flexibility index (Phi) is 2.95. The van der Waals surface area contributed by atoms with Gasteiger partial charge >= 0.3 is 5.97 Å². The van der Waals surface area contributed by atoms with E-state index in [1.165, 1.54) is 12.0 Å². The molecule has 1 aromatic carbocycles. The maximum atomic E-state index is 12.0. The molecule has 2 aliphatic rings. The average molecular weight is 265 g/mol. The molecule has 5 heteroatoms. The summed E-state index contributed by atoms with van der Waals surface area (Å²) in [5.41, 5.74) is 1.55. The molecule has 2 aliphatic heterocycles. The number of carbonyl (C=O) groups is 1. The Morgan fingerprint density at radius 3 is 3.00 bits per heavy atom. The molecule has 2 heterocycles. The molecule has 1 N–H and O–H groups in total. The van der Waals surface area contributed by atoms with Gasteiger partial charge in [0.1, 0.15) is 5.41 Å². The number of nitrogens with one attached hydrogen (secondary N) is 1. The Morgan fingerprint density at radius 1 is 1.50 bits per heavy atom. The molecule has 0 unspecified atom stereocenters. The van der Waals surface area contributed by atoms with E-state index in [1.54, 1.807) is 0 Å². The van der Waals surface area contributed by atoms with Crippen molar-refractivity contribution < 1.29 is 14.3 Å². The van der Waals surface area contributed by atoms with Crippen molar-refractivity contribution in [3.63, 3.8) is 0 Å². The predicted molar refractivity (Wildman–Crippen MR) is 70.2 cm³/mol. The standard InChI is InChI=1S/C13H15NO3S/c1-16-12(15)13(7-17-8-13)9-2-3-10-11(6-9)18-5-4-14-10/h2-3,6,14H,4-5,7-8H2,1H3. The van der Waals surface area contributed by atoms with Crippen molar-refractivity contribution in [3.05, 3.63) is 23.8 Å². The maximum Gasteiger partial charge on any atom is 0.321 e. The number of fused-ring (bicyclic) bond motifs is 1. The summed E-state index contributed by atoms with van der Waals surface area (Å²) in [5.74, 6) is 0.848. The van der Waals surface area contributed by atoms with Crippen molar-refractivity contribution in [2.75, 3.05) is 37.9 Å². The first kappa shape index (κ1) is 11.9. The number of rotatable bonds is 2. The topological polar surface area (TPSA) is 47.6 Å². The summed E-state index contributed by atoms with van der Waals surface area (Å²) in [5, 5.41) is 3.35. The second kappa shape index (κ2) is 4.48. The van der Waals surface area contributed by atoms with E-state index < -0.39 is 5.41 Å². The van der Waals surface area contributed by atoms with Crippen LogP contribution < -0.4 is 5.32 Å². The summed E-state index contributed by atoms with van der Waals surface area (Å²) in [7, 11) is 1.43. The Bertz CT molecular complexity index is 485. The third kappa shape index (κ3) is 1.69. The van der Waals surface area contributed by atoms with E-state index in [4.69, 9.17) is 9.47 Å². The quantitative estimate of drug-likeness (QED) is 0.824. The number of thioether (sulfide) groups is 1. The van der Waals surface area contributed by atoms with Crippen LogP contribution in [0, 0.1) is 0 Å². The van der Waals surface area contributed by atoms with E-state index in [1.807, 2.05) is 23.9 Å². The highest BCUT2D eigenvalue weighted by atomic mass is 32.2. The molecule has 1 aromatic rings. The second-order valence-electron chi connectivity index (χ2n) is 4.55. The van der Waals surface area contributed by atoms with Gasteiger partial charge in [0, 0.05) is 22.9 Å². The molecular weight excluding hydrogens is 250 g/mol. The first-order chi connectivity index (χ1) is 8.76. The molecule has 0 aliphatic carbocycles. The third-order valence-electron chi connectivity index (χ3n) is 3.48. The Labute approximate surface area is 110 Å². The minimum atomic E-state index is -0.595. The molecule has 0 aromatic heterocycles. The van der Waals surface area contributed by atoms with Crippen LogP contribution >= 0.6 is 11.8 Å². The molecule has 0 bridgehead atoms. The highest BCUT2D eigenvalue weighted by Crippen LogP contribution is 2.39. The number of ether oxygens (including phenoxy) is 2. The monoisotopic (exact) mass is 265 g/mol. The van der Waals surface area contributed by atoms with Gasteiger partial charge in [-0.1, -0.05) is 6.07 Å². The fourth-order valence-corrected chi connectivity index (χ4v) is 3.27. The van der Waals surface area contributed by atoms with Gasteiger partial charge in [-0.2, -0.15) is 0 Å². The van der Waals surface area contributed by atoms with Crippen LogP contribution in [0.4, 0.5) is 5.69 Å². The number of hydrogen-bond donors (Lipinski definition) is 1. The average Bonchev–Trinajstić information content (AvgIpc) is 2.37. The summed E-state index contributed by atoms with van der Waals surface area (Å²) in [4.78, 5) is 13.2. The van der Waals surface area contributed by atoms with E-state index in [0.29, 0.717) is 13.2 Å². The van der Waals surface area contributed by atoms with Gasteiger partial charge in [0.2, 0.25) is 0 Å². The van der Waals surface area contributed by atoms with Crippen molar-refractivity contribution >= 4 is 23.4 Å². The fraction of sp³-hybridized carbons (Fsp3) is 0.462. The van der Waals surface area contributed by atoms with Crippen LogP contribution in [0.5, 0.6) is 0 Å². The van der Waals surface area contributed by atoms with Crippen molar-refractivity contribution in [1.82, 2.24) is 0 Å². The molecule has 3 rings (SSSR count). The zero-order valence-electron chi connectivity index (χ0n) is 10.2. The van der Waals surface area contributed by atoms with Crippen molar-refractivity contribution in [1.29, 1.82) is 0 Å². The highest BCUT2D eigenvalue weighted by Gasteiger charge is 2.49. The Morgan fingerprint density at radius 2 is 2.33 bits per heavy atom. The van der Waals surface area contributed by atoms with Gasteiger partial charge in [-0.25, -0.2) is 0 Å². The minimum absolute atomic E-state index is 0.206. The number of carbonyl (C=O) groups excluding carboxylic acids is 1. The Balaban J connectivity index is 1.98. The molecule has 1 fully saturated rings. The lowest BCUT2D eigenvalue weighted by atomic mass is 9.78. The van der Waals surface area contributed by atoms with E-state index >= 15 is 0 Å². The lowest BCUT2D eigenvalue weighted by Gasteiger charge is -2.39. The molecule has 0 atom stereocenters. The number of methoxy groups -OCH3 is 1. The summed E-state index contributed by atoms with van der Waals surface area (Å²) in [6, 6.07) is 6.13. The summed E-state index contributed by atoms with van der Waals surface area (Å²) in [6.07, 6.45) is 0.